The molecule has 4 heteroatoms. The van der Waals surface area contributed by atoms with Gasteiger partial charge in [-0.25, -0.2) is 4.39 Å². The highest BCUT2D eigenvalue weighted by atomic mass is 19.1. The summed E-state index contributed by atoms with van der Waals surface area (Å²) in [4.78, 5) is 4.19. The van der Waals surface area contributed by atoms with Gasteiger partial charge < -0.3 is 10.5 Å². The highest BCUT2D eigenvalue weighted by molar-refractivity contribution is 5.29. The molecular weight excluding hydrogens is 255 g/mol. The second kappa shape index (κ2) is 7.01. The van der Waals surface area contributed by atoms with Gasteiger partial charge in [-0.1, -0.05) is 12.1 Å². The van der Waals surface area contributed by atoms with Crippen molar-refractivity contribution < 1.29 is 9.13 Å². The molecule has 1 atom stereocenters. The van der Waals surface area contributed by atoms with Crippen LogP contribution >= 0.6 is 0 Å². The third kappa shape index (κ3) is 4.31. The van der Waals surface area contributed by atoms with Crippen LogP contribution < -0.4 is 10.5 Å². The van der Waals surface area contributed by atoms with Gasteiger partial charge in [-0.15, -0.1) is 0 Å². The molecule has 1 aromatic heterocycles. The Hall–Kier alpha value is -1.94. The van der Waals surface area contributed by atoms with Gasteiger partial charge in [0.25, 0.3) is 0 Å². The van der Waals surface area contributed by atoms with Crippen LogP contribution in [-0.4, -0.2) is 17.6 Å². The Kier molecular flexibility index (Phi) is 5.07. The number of aromatic nitrogens is 1. The van der Waals surface area contributed by atoms with E-state index in [-0.39, 0.29) is 17.6 Å². The molecule has 1 aromatic carbocycles. The topological polar surface area (TPSA) is 48.1 Å². The number of ether oxygens (including phenoxy) is 1. The number of pyridine rings is 1. The lowest BCUT2D eigenvalue weighted by Gasteiger charge is -2.10. The molecule has 0 aliphatic heterocycles. The van der Waals surface area contributed by atoms with Crippen LogP contribution in [0.2, 0.25) is 0 Å². The zero-order valence-corrected chi connectivity index (χ0v) is 11.6. The first kappa shape index (κ1) is 14.5. The van der Waals surface area contributed by atoms with E-state index >= 15 is 0 Å². The molecule has 0 saturated heterocycles. The van der Waals surface area contributed by atoms with E-state index in [1.54, 1.807) is 12.3 Å². The van der Waals surface area contributed by atoms with Crippen molar-refractivity contribution in [2.24, 2.45) is 5.73 Å². The molecular formula is C16H19FN2O. The first-order chi connectivity index (χ1) is 9.65. The molecule has 2 rings (SSSR count). The SMILES string of the molecule is CC(N)Cc1ccc(OCCc2ccccn2)c(F)c1. The van der Waals surface area contributed by atoms with E-state index in [0.717, 1.165) is 11.3 Å². The van der Waals surface area contributed by atoms with Crippen molar-refractivity contribution in [1.82, 2.24) is 4.98 Å². The van der Waals surface area contributed by atoms with Crippen molar-refractivity contribution in [2.45, 2.75) is 25.8 Å². The third-order valence-corrected chi connectivity index (χ3v) is 2.90. The average Bonchev–Trinajstić information content (AvgIpc) is 2.42. The highest BCUT2D eigenvalue weighted by Crippen LogP contribution is 2.19. The summed E-state index contributed by atoms with van der Waals surface area (Å²) in [6.45, 7) is 2.30. The molecule has 20 heavy (non-hydrogen) atoms. The maximum Gasteiger partial charge on any atom is 0.165 e. The molecule has 2 N–H and O–H groups in total. The smallest absolute Gasteiger partial charge is 0.165 e. The summed E-state index contributed by atoms with van der Waals surface area (Å²) >= 11 is 0. The maximum absolute atomic E-state index is 13.8. The molecule has 2 aromatic rings. The first-order valence-corrected chi connectivity index (χ1v) is 6.72. The minimum absolute atomic E-state index is 0.0188. The lowest BCUT2D eigenvalue weighted by atomic mass is 10.1. The number of hydrogen-bond acceptors (Lipinski definition) is 3. The Bertz CT molecular complexity index is 543. The van der Waals surface area contributed by atoms with Crippen molar-refractivity contribution in [1.29, 1.82) is 0 Å². The second-order valence-electron chi connectivity index (χ2n) is 4.87. The molecule has 3 nitrogen and oxygen atoms in total. The number of rotatable bonds is 6. The van der Waals surface area contributed by atoms with Crippen LogP contribution in [0.3, 0.4) is 0 Å². The van der Waals surface area contributed by atoms with Gasteiger partial charge in [0, 0.05) is 24.4 Å². The van der Waals surface area contributed by atoms with Gasteiger partial charge in [-0.3, -0.25) is 4.98 Å². The molecule has 0 bridgehead atoms. The van der Waals surface area contributed by atoms with Crippen molar-refractivity contribution in [2.75, 3.05) is 6.61 Å². The number of nitrogens with two attached hydrogens (primary N) is 1. The van der Waals surface area contributed by atoms with Crippen LogP contribution in [0.4, 0.5) is 4.39 Å². The second-order valence-corrected chi connectivity index (χ2v) is 4.87. The van der Waals surface area contributed by atoms with E-state index in [0.29, 0.717) is 19.4 Å². The maximum atomic E-state index is 13.8. The van der Waals surface area contributed by atoms with Crippen LogP contribution in [-0.2, 0) is 12.8 Å². The molecule has 0 aliphatic carbocycles. The van der Waals surface area contributed by atoms with Crippen LogP contribution in [0.1, 0.15) is 18.2 Å². The summed E-state index contributed by atoms with van der Waals surface area (Å²) in [6.07, 6.45) is 3.05. The number of nitrogens with zero attached hydrogens (tertiary/aromatic N) is 1. The molecule has 1 heterocycles. The highest BCUT2D eigenvalue weighted by Gasteiger charge is 2.06. The van der Waals surface area contributed by atoms with Crippen molar-refractivity contribution in [3.05, 3.63) is 59.7 Å². The molecule has 0 fully saturated rings. The molecule has 0 saturated carbocycles. The van der Waals surface area contributed by atoms with Gasteiger partial charge in [0.1, 0.15) is 0 Å². The van der Waals surface area contributed by atoms with E-state index < -0.39 is 0 Å². The summed E-state index contributed by atoms with van der Waals surface area (Å²) < 4.78 is 19.3. The Morgan fingerprint density at radius 3 is 2.80 bits per heavy atom. The summed E-state index contributed by atoms with van der Waals surface area (Å²) in [5.74, 6) is -0.0708. The van der Waals surface area contributed by atoms with Gasteiger partial charge >= 0.3 is 0 Å². The minimum atomic E-state index is -0.343. The van der Waals surface area contributed by atoms with E-state index in [4.69, 9.17) is 10.5 Å². The van der Waals surface area contributed by atoms with Crippen LogP contribution in [0.15, 0.2) is 42.6 Å². The van der Waals surface area contributed by atoms with Crippen LogP contribution in [0.25, 0.3) is 0 Å². The largest absolute Gasteiger partial charge is 0.490 e. The summed E-state index contributed by atoms with van der Waals surface area (Å²) in [5, 5.41) is 0. The Morgan fingerprint density at radius 2 is 2.15 bits per heavy atom. The number of hydrogen-bond donors (Lipinski definition) is 1. The fraction of sp³-hybridized carbons (Fsp3) is 0.312. The zero-order chi connectivity index (χ0) is 14.4. The van der Waals surface area contributed by atoms with E-state index in [9.17, 15) is 4.39 Å². The first-order valence-electron chi connectivity index (χ1n) is 6.72. The monoisotopic (exact) mass is 274 g/mol. The van der Waals surface area contributed by atoms with Gasteiger partial charge in [-0.05, 0) is 43.2 Å². The molecule has 0 aliphatic rings. The standard InChI is InChI=1S/C16H19FN2O/c1-12(18)10-13-5-6-16(15(17)11-13)20-9-7-14-4-2-3-8-19-14/h2-6,8,11-12H,7,9-10,18H2,1H3. The Morgan fingerprint density at radius 1 is 1.30 bits per heavy atom. The molecule has 0 spiro atoms. The van der Waals surface area contributed by atoms with Crippen LogP contribution in [0, 0.1) is 5.82 Å². The van der Waals surface area contributed by atoms with Gasteiger partial charge in [0.15, 0.2) is 11.6 Å². The van der Waals surface area contributed by atoms with E-state index in [2.05, 4.69) is 4.98 Å². The van der Waals surface area contributed by atoms with Crippen molar-refractivity contribution >= 4 is 0 Å². The lowest BCUT2D eigenvalue weighted by Crippen LogP contribution is -2.17. The summed E-state index contributed by atoms with van der Waals surface area (Å²) in [7, 11) is 0. The minimum Gasteiger partial charge on any atom is -0.490 e. The quantitative estimate of drug-likeness (QED) is 0.881. The van der Waals surface area contributed by atoms with Gasteiger partial charge in [0.2, 0.25) is 0 Å². The Balaban J connectivity index is 1.90. The summed E-state index contributed by atoms with van der Waals surface area (Å²) in [5.41, 5.74) is 7.51. The average molecular weight is 274 g/mol. The zero-order valence-electron chi connectivity index (χ0n) is 11.6. The van der Waals surface area contributed by atoms with Crippen LogP contribution in [0.5, 0.6) is 5.75 Å². The van der Waals surface area contributed by atoms with Crippen molar-refractivity contribution in [3.8, 4) is 5.75 Å². The predicted octanol–water partition coefficient (Wildman–Crippen LogP) is 2.73. The normalized spacial score (nSPS) is 12.2. The molecule has 106 valence electrons. The van der Waals surface area contributed by atoms with E-state index in [1.807, 2.05) is 31.2 Å². The molecule has 1 unspecified atom stereocenters. The Labute approximate surface area is 118 Å². The fourth-order valence-corrected chi connectivity index (χ4v) is 1.97. The fourth-order valence-electron chi connectivity index (χ4n) is 1.97. The number of benzene rings is 1. The predicted molar refractivity (Wildman–Crippen MR) is 77.2 cm³/mol. The molecule has 0 amide bonds. The van der Waals surface area contributed by atoms with E-state index in [1.165, 1.54) is 6.07 Å². The van der Waals surface area contributed by atoms with Crippen molar-refractivity contribution in [3.63, 3.8) is 0 Å². The number of halogens is 1. The lowest BCUT2D eigenvalue weighted by molar-refractivity contribution is 0.304. The summed E-state index contributed by atoms with van der Waals surface area (Å²) in [6, 6.07) is 10.7. The van der Waals surface area contributed by atoms with Gasteiger partial charge in [-0.2, -0.15) is 0 Å². The molecule has 0 radical (unpaired) electrons. The third-order valence-electron chi connectivity index (χ3n) is 2.90. The van der Waals surface area contributed by atoms with Gasteiger partial charge in [0.05, 0.1) is 6.61 Å².